The summed E-state index contributed by atoms with van der Waals surface area (Å²) in [5.41, 5.74) is 1.81. The first-order valence-electron chi connectivity index (χ1n) is 9.55. The Morgan fingerprint density at radius 2 is 1.82 bits per heavy atom. The van der Waals surface area contributed by atoms with E-state index in [-0.39, 0.29) is 23.8 Å². The maximum atomic E-state index is 12.4. The van der Waals surface area contributed by atoms with Crippen molar-refractivity contribution >= 4 is 34.5 Å². The predicted molar refractivity (Wildman–Crippen MR) is 109 cm³/mol. The van der Waals surface area contributed by atoms with Crippen LogP contribution in [0.15, 0.2) is 30.5 Å². The lowest BCUT2D eigenvalue weighted by Gasteiger charge is -2.40. The van der Waals surface area contributed by atoms with Crippen molar-refractivity contribution in [2.75, 3.05) is 36.4 Å². The third-order valence-electron chi connectivity index (χ3n) is 5.36. The number of carbonyl (C=O) groups is 2. The minimum atomic E-state index is -0.297. The highest BCUT2D eigenvalue weighted by Gasteiger charge is 2.36. The van der Waals surface area contributed by atoms with Gasteiger partial charge in [-0.3, -0.25) is 9.59 Å². The molecule has 0 atom stereocenters. The molecule has 2 heterocycles. The molecule has 1 saturated heterocycles. The van der Waals surface area contributed by atoms with Crippen LogP contribution < -0.4 is 10.2 Å². The van der Waals surface area contributed by atoms with Crippen LogP contribution in [0.5, 0.6) is 0 Å². The number of piperazine rings is 1. The number of aromatic nitrogens is 1. The molecule has 2 aromatic rings. The second kappa shape index (κ2) is 7.89. The summed E-state index contributed by atoms with van der Waals surface area (Å²) in [4.78, 5) is 33.8. The van der Waals surface area contributed by atoms with Crippen molar-refractivity contribution in [1.82, 2.24) is 9.88 Å². The molecule has 0 unspecified atom stereocenters. The first-order valence-corrected chi connectivity index (χ1v) is 10.4. The monoisotopic (exact) mass is 400 g/mol. The lowest BCUT2D eigenvalue weighted by Crippen LogP contribution is -2.52. The van der Waals surface area contributed by atoms with Crippen molar-refractivity contribution in [3.05, 3.63) is 40.3 Å². The van der Waals surface area contributed by atoms with Crippen molar-refractivity contribution in [2.24, 2.45) is 5.92 Å². The van der Waals surface area contributed by atoms with Gasteiger partial charge < -0.3 is 20.2 Å². The molecule has 7 nitrogen and oxygen atoms in total. The Bertz CT molecular complexity index is 853. The van der Waals surface area contributed by atoms with Gasteiger partial charge in [0.2, 0.25) is 5.91 Å². The van der Waals surface area contributed by atoms with Crippen molar-refractivity contribution < 1.29 is 14.7 Å². The smallest absolute Gasteiger partial charge is 0.284 e. The van der Waals surface area contributed by atoms with Gasteiger partial charge in [0.25, 0.3) is 5.91 Å². The van der Waals surface area contributed by atoms with E-state index in [2.05, 4.69) is 15.2 Å². The van der Waals surface area contributed by atoms with Gasteiger partial charge in [0.05, 0.1) is 6.10 Å². The second-order valence-electron chi connectivity index (χ2n) is 7.41. The van der Waals surface area contributed by atoms with Gasteiger partial charge in [0.15, 0.2) is 5.01 Å². The third kappa shape index (κ3) is 4.02. The van der Waals surface area contributed by atoms with Crippen LogP contribution in [-0.2, 0) is 4.79 Å². The molecule has 1 aromatic heterocycles. The topological polar surface area (TPSA) is 85.8 Å². The number of aryl methyl sites for hydroxylation is 1. The number of anilines is 2. The first kappa shape index (κ1) is 18.9. The molecule has 0 radical (unpaired) electrons. The fraction of sp³-hybridized carbons (Fsp3) is 0.450. The number of hydrogen-bond acceptors (Lipinski definition) is 6. The third-order valence-corrected chi connectivity index (χ3v) is 6.27. The molecule has 0 bridgehead atoms. The molecule has 8 heteroatoms. The van der Waals surface area contributed by atoms with Gasteiger partial charge in [-0.05, 0) is 44.0 Å². The fourth-order valence-corrected chi connectivity index (χ4v) is 4.29. The molecule has 2 amide bonds. The molecule has 2 N–H and O–H groups in total. The van der Waals surface area contributed by atoms with Gasteiger partial charge in [0.1, 0.15) is 0 Å². The van der Waals surface area contributed by atoms with Gasteiger partial charge in [-0.1, -0.05) is 0 Å². The van der Waals surface area contributed by atoms with E-state index in [0.29, 0.717) is 30.9 Å². The summed E-state index contributed by atoms with van der Waals surface area (Å²) in [5, 5.41) is 12.7. The predicted octanol–water partition coefficient (Wildman–Crippen LogP) is 2.12. The molecule has 1 saturated carbocycles. The van der Waals surface area contributed by atoms with E-state index in [1.807, 2.05) is 36.1 Å². The summed E-state index contributed by atoms with van der Waals surface area (Å²) in [7, 11) is 0. The number of carbonyl (C=O) groups excluding carboxylic acids is 2. The quantitative estimate of drug-likeness (QED) is 0.821. The lowest BCUT2D eigenvalue weighted by atomic mass is 9.81. The van der Waals surface area contributed by atoms with Gasteiger partial charge >= 0.3 is 0 Å². The average molecular weight is 401 g/mol. The van der Waals surface area contributed by atoms with E-state index in [1.165, 1.54) is 11.3 Å². The second-order valence-corrected chi connectivity index (χ2v) is 8.65. The Morgan fingerprint density at radius 3 is 2.39 bits per heavy atom. The highest BCUT2D eigenvalue weighted by atomic mass is 32.1. The van der Waals surface area contributed by atoms with E-state index >= 15 is 0 Å². The van der Waals surface area contributed by atoms with Crippen LogP contribution in [0.3, 0.4) is 0 Å². The fourth-order valence-electron chi connectivity index (χ4n) is 3.63. The molecule has 4 rings (SSSR count). The lowest BCUT2D eigenvalue weighted by molar-refractivity contribution is -0.142. The first-order chi connectivity index (χ1) is 13.5. The number of aliphatic hydroxyl groups excluding tert-OH is 1. The molecule has 2 aliphatic rings. The zero-order chi connectivity index (χ0) is 19.7. The molecule has 148 valence electrons. The standard InChI is InChI=1S/C20H24N4O3S/c1-13-12-21-19(28-13)18(26)22-15-2-4-16(5-3-15)23-6-8-24(9-7-23)20(27)14-10-17(25)11-14/h2-5,12,14,17,25H,6-11H2,1H3,(H,22,26). The normalized spacial score (nSPS) is 21.9. The summed E-state index contributed by atoms with van der Waals surface area (Å²) in [5.74, 6) is -0.00871. The minimum Gasteiger partial charge on any atom is -0.393 e. The maximum absolute atomic E-state index is 12.4. The van der Waals surface area contributed by atoms with Gasteiger partial charge in [-0.15, -0.1) is 11.3 Å². The summed E-state index contributed by atoms with van der Waals surface area (Å²) >= 11 is 1.37. The van der Waals surface area contributed by atoms with E-state index in [4.69, 9.17) is 0 Å². The number of amides is 2. The Kier molecular flexibility index (Phi) is 5.32. The molecule has 0 spiro atoms. The Hall–Kier alpha value is -2.45. The van der Waals surface area contributed by atoms with Crippen molar-refractivity contribution in [3.63, 3.8) is 0 Å². The highest BCUT2D eigenvalue weighted by molar-refractivity contribution is 7.13. The number of thiazole rings is 1. The Labute approximate surface area is 168 Å². The molecule has 28 heavy (non-hydrogen) atoms. The molecular formula is C20H24N4O3S. The van der Waals surface area contributed by atoms with Crippen LogP contribution in [-0.4, -0.2) is 59.1 Å². The van der Waals surface area contributed by atoms with Crippen molar-refractivity contribution in [1.29, 1.82) is 0 Å². The largest absolute Gasteiger partial charge is 0.393 e. The van der Waals surface area contributed by atoms with Gasteiger partial charge in [-0.25, -0.2) is 4.98 Å². The number of rotatable bonds is 4. The Balaban J connectivity index is 1.30. The molecular weight excluding hydrogens is 376 g/mol. The molecule has 1 aliphatic carbocycles. The summed E-state index contributed by atoms with van der Waals surface area (Å²) in [6.07, 6.45) is 2.61. The van der Waals surface area contributed by atoms with Crippen LogP contribution in [0, 0.1) is 12.8 Å². The highest BCUT2D eigenvalue weighted by Crippen LogP contribution is 2.29. The number of hydrogen-bond donors (Lipinski definition) is 2. The summed E-state index contributed by atoms with van der Waals surface area (Å²) in [6.45, 7) is 4.89. The van der Waals surface area contributed by atoms with Gasteiger partial charge in [-0.2, -0.15) is 0 Å². The van der Waals surface area contributed by atoms with E-state index in [1.54, 1.807) is 6.20 Å². The van der Waals surface area contributed by atoms with Crippen LogP contribution in [0.25, 0.3) is 0 Å². The molecule has 1 aromatic carbocycles. The van der Waals surface area contributed by atoms with Crippen molar-refractivity contribution in [3.8, 4) is 0 Å². The molecule has 1 aliphatic heterocycles. The van der Waals surface area contributed by atoms with E-state index in [0.717, 1.165) is 29.3 Å². The van der Waals surface area contributed by atoms with Gasteiger partial charge in [0, 0.05) is 54.5 Å². The SMILES string of the molecule is Cc1cnc(C(=O)Nc2ccc(N3CCN(C(=O)C4CC(O)C4)CC3)cc2)s1. The Morgan fingerprint density at radius 1 is 1.14 bits per heavy atom. The number of nitrogens with zero attached hydrogens (tertiary/aromatic N) is 3. The zero-order valence-corrected chi connectivity index (χ0v) is 16.6. The molecule has 2 fully saturated rings. The van der Waals surface area contributed by atoms with Crippen LogP contribution in [0.4, 0.5) is 11.4 Å². The maximum Gasteiger partial charge on any atom is 0.284 e. The van der Waals surface area contributed by atoms with E-state index < -0.39 is 0 Å². The van der Waals surface area contributed by atoms with Crippen LogP contribution in [0.1, 0.15) is 27.5 Å². The van der Waals surface area contributed by atoms with Crippen molar-refractivity contribution in [2.45, 2.75) is 25.9 Å². The number of benzene rings is 1. The number of nitrogens with one attached hydrogen (secondary N) is 1. The minimum absolute atomic E-state index is 0.00562. The average Bonchev–Trinajstić information content (AvgIpc) is 3.12. The van der Waals surface area contributed by atoms with Crippen LogP contribution in [0.2, 0.25) is 0 Å². The zero-order valence-electron chi connectivity index (χ0n) is 15.8. The summed E-state index contributed by atoms with van der Waals surface area (Å²) < 4.78 is 0. The van der Waals surface area contributed by atoms with E-state index in [9.17, 15) is 14.7 Å². The number of aliphatic hydroxyl groups is 1. The summed E-state index contributed by atoms with van der Waals surface area (Å²) in [6, 6.07) is 7.76. The van der Waals surface area contributed by atoms with Crippen LogP contribution >= 0.6 is 11.3 Å².